The number of carbonyl (C=O) groups excluding carboxylic acids is 1. The Bertz CT molecular complexity index is 712. The van der Waals surface area contributed by atoms with Crippen molar-refractivity contribution in [1.82, 2.24) is 5.32 Å². The van der Waals surface area contributed by atoms with Gasteiger partial charge in [-0.25, -0.2) is 4.99 Å². The molecule has 2 aliphatic rings. The molecule has 6 heteroatoms. The minimum atomic E-state index is -0.352. The largest absolute Gasteiger partial charge is 0.508 e. The molecule has 1 aliphatic heterocycles. The maximum Gasteiger partial charge on any atom is 0.249 e. The van der Waals surface area contributed by atoms with Gasteiger partial charge in [0.25, 0.3) is 0 Å². The van der Waals surface area contributed by atoms with Gasteiger partial charge in [0.2, 0.25) is 11.9 Å². The molecular weight excluding hydrogens is 268 g/mol. The molecule has 0 radical (unpaired) electrons. The highest BCUT2D eigenvalue weighted by molar-refractivity contribution is 6.22. The maximum absolute atomic E-state index is 11.9. The first-order valence-electron chi connectivity index (χ1n) is 6.37. The molecule has 1 heterocycles. The highest BCUT2D eigenvalue weighted by Crippen LogP contribution is 2.13. The van der Waals surface area contributed by atoms with Crippen molar-refractivity contribution in [2.75, 3.05) is 0 Å². The van der Waals surface area contributed by atoms with Gasteiger partial charge in [-0.05, 0) is 35.9 Å². The number of carbonyl (C=O) groups is 1. The smallest absolute Gasteiger partial charge is 0.249 e. The predicted octanol–water partition coefficient (Wildman–Crippen LogP) is 1.40. The van der Waals surface area contributed by atoms with Gasteiger partial charge in [0.05, 0.1) is 17.8 Å². The quantitative estimate of drug-likeness (QED) is 0.633. The number of phenols is 1. The van der Waals surface area contributed by atoms with Crippen molar-refractivity contribution in [3.05, 3.63) is 54.1 Å². The zero-order chi connectivity index (χ0) is 14.7. The molecule has 0 saturated heterocycles. The van der Waals surface area contributed by atoms with E-state index in [1.165, 1.54) is 6.21 Å². The second-order valence-electron chi connectivity index (χ2n) is 4.51. The topological polar surface area (TPSA) is 86.4 Å². The number of amides is 1. The molecule has 2 N–H and O–H groups in total. The molecule has 1 aromatic carbocycles. The van der Waals surface area contributed by atoms with Gasteiger partial charge in [-0.2, -0.15) is 5.10 Å². The molecule has 21 heavy (non-hydrogen) atoms. The molecule has 104 valence electrons. The second-order valence-corrected chi connectivity index (χ2v) is 4.51. The van der Waals surface area contributed by atoms with E-state index in [4.69, 9.17) is 0 Å². The van der Waals surface area contributed by atoms with Crippen LogP contribution in [-0.4, -0.2) is 28.9 Å². The van der Waals surface area contributed by atoms with Crippen LogP contribution >= 0.6 is 0 Å². The third-order valence-electron chi connectivity index (χ3n) is 3.01. The van der Waals surface area contributed by atoms with Crippen molar-refractivity contribution >= 4 is 23.8 Å². The Morgan fingerprint density at radius 3 is 2.86 bits per heavy atom. The van der Waals surface area contributed by atoms with Crippen molar-refractivity contribution in [2.24, 2.45) is 21.1 Å². The summed E-state index contributed by atoms with van der Waals surface area (Å²) in [7, 11) is 0. The maximum atomic E-state index is 11.9. The summed E-state index contributed by atoms with van der Waals surface area (Å²) in [5.74, 6) is -0.164. The molecule has 1 atom stereocenters. The highest BCUT2D eigenvalue weighted by atomic mass is 16.3. The number of nitrogens with zero attached hydrogens (tertiary/aromatic N) is 3. The molecule has 0 saturated carbocycles. The van der Waals surface area contributed by atoms with Crippen LogP contribution in [0.3, 0.4) is 0 Å². The number of allylic oxidation sites excluding steroid dienone is 3. The zero-order valence-electron chi connectivity index (χ0n) is 11.0. The number of hydrogen-bond acceptors (Lipinski definition) is 4. The normalized spacial score (nSPS) is 22.3. The number of nitrogens with one attached hydrogen (secondary N) is 1. The van der Waals surface area contributed by atoms with Gasteiger partial charge >= 0.3 is 0 Å². The van der Waals surface area contributed by atoms with E-state index in [-0.39, 0.29) is 23.5 Å². The van der Waals surface area contributed by atoms with Gasteiger partial charge in [0, 0.05) is 0 Å². The lowest BCUT2D eigenvalue weighted by Gasteiger charge is -2.19. The third kappa shape index (κ3) is 2.94. The van der Waals surface area contributed by atoms with Crippen LogP contribution in [0, 0.1) is 5.92 Å². The number of aliphatic imine (C=N–C) groups is 1. The SMILES string of the molecule is O=C1N/C(=N\N=C\c2ccc(O)cc2)N=C2C=CC=CC12. The number of phenolic OH excluding ortho intramolecular Hbond substituents is 1. The molecule has 0 bridgehead atoms. The van der Waals surface area contributed by atoms with Crippen molar-refractivity contribution in [3.8, 4) is 5.75 Å². The number of rotatable bonds is 2. The lowest BCUT2D eigenvalue weighted by Crippen LogP contribution is -2.42. The van der Waals surface area contributed by atoms with Gasteiger partial charge < -0.3 is 5.11 Å². The predicted molar refractivity (Wildman–Crippen MR) is 80.5 cm³/mol. The number of guanidine groups is 1. The van der Waals surface area contributed by atoms with Crippen molar-refractivity contribution in [1.29, 1.82) is 0 Å². The fourth-order valence-corrected chi connectivity index (χ4v) is 1.96. The molecule has 0 aromatic heterocycles. The number of hydrogen-bond donors (Lipinski definition) is 2. The van der Waals surface area contributed by atoms with Crippen LogP contribution < -0.4 is 5.32 Å². The van der Waals surface area contributed by atoms with E-state index in [1.54, 1.807) is 36.4 Å². The van der Waals surface area contributed by atoms with Gasteiger partial charge in [-0.3, -0.25) is 10.1 Å². The van der Waals surface area contributed by atoms with Gasteiger partial charge in [-0.1, -0.05) is 18.2 Å². The molecular formula is C15H12N4O2. The summed E-state index contributed by atoms with van der Waals surface area (Å²) < 4.78 is 0. The Hall–Kier alpha value is -3.02. The first-order chi connectivity index (χ1) is 10.2. The zero-order valence-corrected chi connectivity index (χ0v) is 11.0. The monoisotopic (exact) mass is 280 g/mol. The molecule has 6 nitrogen and oxygen atoms in total. The van der Waals surface area contributed by atoms with Crippen LogP contribution in [0.25, 0.3) is 0 Å². The second kappa shape index (κ2) is 5.54. The fourth-order valence-electron chi connectivity index (χ4n) is 1.96. The summed E-state index contributed by atoms with van der Waals surface area (Å²) in [6.45, 7) is 0. The van der Waals surface area contributed by atoms with Crippen LogP contribution in [0.2, 0.25) is 0 Å². The Labute approximate surface area is 120 Å². The van der Waals surface area contributed by atoms with Crippen LogP contribution in [-0.2, 0) is 4.79 Å². The Morgan fingerprint density at radius 1 is 1.24 bits per heavy atom. The van der Waals surface area contributed by atoms with Gasteiger partial charge in [0.15, 0.2) is 0 Å². The third-order valence-corrected chi connectivity index (χ3v) is 3.01. The summed E-state index contributed by atoms with van der Waals surface area (Å²) in [5.41, 5.74) is 1.44. The van der Waals surface area contributed by atoms with Gasteiger partial charge in [-0.15, -0.1) is 5.10 Å². The summed E-state index contributed by atoms with van der Waals surface area (Å²) in [6.07, 6.45) is 8.72. The van der Waals surface area contributed by atoms with Crippen molar-refractivity contribution < 1.29 is 9.90 Å². The summed E-state index contributed by atoms with van der Waals surface area (Å²) in [6, 6.07) is 6.52. The average molecular weight is 280 g/mol. The molecule has 1 amide bonds. The lowest BCUT2D eigenvalue weighted by atomic mass is 9.96. The highest BCUT2D eigenvalue weighted by Gasteiger charge is 2.27. The first kappa shape index (κ1) is 13.0. The van der Waals surface area contributed by atoms with E-state index in [0.717, 1.165) is 5.56 Å². The minimum Gasteiger partial charge on any atom is -0.508 e. The molecule has 3 rings (SSSR count). The first-order valence-corrected chi connectivity index (χ1v) is 6.37. The number of benzene rings is 1. The summed E-state index contributed by atoms with van der Waals surface area (Å²) in [5, 5.41) is 19.5. The van der Waals surface area contributed by atoms with E-state index < -0.39 is 0 Å². The summed E-state index contributed by atoms with van der Waals surface area (Å²) in [4.78, 5) is 16.1. The van der Waals surface area contributed by atoms with Gasteiger partial charge in [0.1, 0.15) is 5.75 Å². The standard InChI is InChI=1S/C15H12N4O2/c20-11-7-5-10(6-8-11)9-16-19-15-17-13-4-2-1-3-12(13)14(21)18-15/h1-9,12,20H,(H,18,19,21)/b16-9+. The average Bonchev–Trinajstić information content (AvgIpc) is 2.49. The van der Waals surface area contributed by atoms with Crippen molar-refractivity contribution in [3.63, 3.8) is 0 Å². The molecule has 1 aromatic rings. The van der Waals surface area contributed by atoms with E-state index in [2.05, 4.69) is 20.5 Å². The fraction of sp³-hybridized carbons (Fsp3) is 0.0667. The van der Waals surface area contributed by atoms with Crippen molar-refractivity contribution in [2.45, 2.75) is 0 Å². The van der Waals surface area contributed by atoms with E-state index in [1.807, 2.05) is 12.2 Å². The van der Waals surface area contributed by atoms with Crippen LogP contribution in [0.1, 0.15) is 5.56 Å². The summed E-state index contributed by atoms with van der Waals surface area (Å²) >= 11 is 0. The van der Waals surface area contributed by atoms with Crippen LogP contribution in [0.15, 0.2) is 63.8 Å². The Balaban J connectivity index is 1.78. The molecule has 0 fully saturated rings. The van der Waals surface area contributed by atoms with E-state index in [0.29, 0.717) is 5.71 Å². The van der Waals surface area contributed by atoms with E-state index in [9.17, 15) is 9.90 Å². The van der Waals surface area contributed by atoms with Crippen LogP contribution in [0.5, 0.6) is 5.75 Å². The molecule has 1 aliphatic carbocycles. The molecule has 0 spiro atoms. The Morgan fingerprint density at radius 2 is 2.05 bits per heavy atom. The van der Waals surface area contributed by atoms with Crippen LogP contribution in [0.4, 0.5) is 0 Å². The number of aromatic hydroxyl groups is 1. The minimum absolute atomic E-state index is 0.167. The molecule has 1 unspecified atom stereocenters. The van der Waals surface area contributed by atoms with E-state index >= 15 is 0 Å². The lowest BCUT2D eigenvalue weighted by molar-refractivity contribution is -0.120. The Kier molecular flexibility index (Phi) is 3.42. The number of fused-ring (bicyclic) bond motifs is 1.